The van der Waals surface area contributed by atoms with Gasteiger partial charge in [0.2, 0.25) is 0 Å². The molecule has 1 aromatic rings. The number of pyridine rings is 1. The fraction of sp³-hybridized carbons (Fsp3) is 0.455. The number of hydrogen-bond donors (Lipinski definition) is 0. The smallest absolute Gasteiger partial charge is 0.139 e. The van der Waals surface area contributed by atoms with Crippen LogP contribution in [0, 0.1) is 0 Å². The lowest BCUT2D eigenvalue weighted by molar-refractivity contribution is 0.683. The third kappa shape index (κ3) is 2.96. The van der Waals surface area contributed by atoms with Crippen LogP contribution in [0.5, 0.6) is 0 Å². The molecule has 0 saturated carbocycles. The summed E-state index contributed by atoms with van der Waals surface area (Å²) in [6.07, 6.45) is 3.35. The van der Waals surface area contributed by atoms with Crippen molar-refractivity contribution >= 4 is 21.4 Å². The maximum Gasteiger partial charge on any atom is 0.139 e. The highest BCUT2D eigenvalue weighted by molar-refractivity contribution is 8.00. The summed E-state index contributed by atoms with van der Waals surface area (Å²) in [5.41, 5.74) is 1.19. The number of aromatic nitrogens is 1. The molecule has 0 fully saturated rings. The first-order chi connectivity index (χ1) is 6.82. The third-order valence-electron chi connectivity index (χ3n) is 2.34. The zero-order chi connectivity index (χ0) is 11.6. The van der Waals surface area contributed by atoms with Gasteiger partial charge in [-0.15, -0.1) is 0 Å². The highest BCUT2D eigenvalue weighted by Gasteiger charge is 2.09. The molecule has 1 atom stereocenters. The van der Waals surface area contributed by atoms with Crippen LogP contribution in [-0.4, -0.2) is 28.4 Å². The van der Waals surface area contributed by atoms with Crippen LogP contribution in [0.3, 0.4) is 0 Å². The molecule has 4 heteroatoms. The molecular weight excluding hydrogens is 208 g/mol. The Balaban J connectivity index is 3.11. The van der Waals surface area contributed by atoms with E-state index in [0.717, 1.165) is 0 Å². The largest absolute Gasteiger partial charge is 0.287 e. The molecule has 1 unspecified atom stereocenters. The predicted octanol–water partition coefficient (Wildman–Crippen LogP) is 1.90. The second-order valence-corrected chi connectivity index (χ2v) is 6.53. The monoisotopic (exact) mass is 226 g/mol. The average Bonchev–Trinajstić information content (AvgIpc) is 2.15. The zero-order valence-corrected chi connectivity index (χ0v) is 10.5. The molecule has 0 aliphatic heterocycles. The van der Waals surface area contributed by atoms with Gasteiger partial charge in [-0.05, 0) is 29.5 Å². The van der Waals surface area contributed by atoms with E-state index in [1.165, 1.54) is 5.56 Å². The van der Waals surface area contributed by atoms with Crippen molar-refractivity contribution < 1.29 is 4.21 Å². The molecule has 0 aliphatic carbocycles. The highest BCUT2D eigenvalue weighted by atomic mass is 32.2. The quantitative estimate of drug-likeness (QED) is 0.738. The first-order valence-electron chi connectivity index (χ1n) is 4.84. The normalized spacial score (nSPS) is 15.0. The van der Waals surface area contributed by atoms with E-state index < -0.39 is 9.71 Å². The van der Waals surface area contributed by atoms with Crippen LogP contribution in [0.15, 0.2) is 18.3 Å². The molecule has 0 N–H and O–H groups in total. The van der Waals surface area contributed by atoms with E-state index in [9.17, 15) is 4.21 Å². The lowest BCUT2D eigenvalue weighted by Gasteiger charge is -2.20. The number of rotatable bonds is 3. The Morgan fingerprint density at radius 3 is 2.60 bits per heavy atom. The van der Waals surface area contributed by atoms with Crippen molar-refractivity contribution in [3.8, 4) is 0 Å². The van der Waals surface area contributed by atoms with E-state index in [0.29, 0.717) is 11.7 Å². The molecule has 3 nitrogen and oxygen atoms in total. The lowest BCUT2D eigenvalue weighted by Crippen LogP contribution is -2.25. The van der Waals surface area contributed by atoms with E-state index in [2.05, 4.69) is 24.7 Å². The van der Waals surface area contributed by atoms with Crippen molar-refractivity contribution in [2.24, 2.45) is 0 Å². The molecule has 0 amide bonds. The van der Waals surface area contributed by atoms with E-state index in [4.69, 9.17) is 0 Å². The Labute approximate surface area is 92.3 Å². The van der Waals surface area contributed by atoms with Gasteiger partial charge in [0.05, 0.1) is 0 Å². The summed E-state index contributed by atoms with van der Waals surface area (Å²) in [5.74, 6) is 4.79. The van der Waals surface area contributed by atoms with Crippen LogP contribution in [0.4, 0.5) is 5.82 Å². The Hall–Kier alpha value is -1.03. The van der Waals surface area contributed by atoms with Gasteiger partial charge in [0.25, 0.3) is 0 Å². The maximum absolute atomic E-state index is 11.7. The van der Waals surface area contributed by atoms with Crippen molar-refractivity contribution in [3.05, 3.63) is 23.9 Å². The average molecular weight is 226 g/mol. The minimum Gasteiger partial charge on any atom is -0.287 e. The van der Waals surface area contributed by atoms with Crippen molar-refractivity contribution in [1.29, 1.82) is 0 Å². The zero-order valence-electron chi connectivity index (χ0n) is 9.73. The van der Waals surface area contributed by atoms with Gasteiger partial charge in [-0.2, -0.15) is 0 Å². The number of anilines is 1. The van der Waals surface area contributed by atoms with Crippen LogP contribution >= 0.6 is 0 Å². The van der Waals surface area contributed by atoms with Gasteiger partial charge in [-0.3, -0.25) is 4.31 Å². The number of hydrogen-bond acceptors (Lipinski definition) is 2. The fourth-order valence-corrected chi connectivity index (χ4v) is 1.66. The lowest BCUT2D eigenvalue weighted by atomic mass is 10.1. The first kappa shape index (κ1) is 12.0. The van der Waals surface area contributed by atoms with Gasteiger partial charge < -0.3 is 0 Å². The second-order valence-electron chi connectivity index (χ2n) is 4.06. The van der Waals surface area contributed by atoms with Crippen LogP contribution in [0.25, 0.3) is 0 Å². The topological polar surface area (TPSA) is 33.2 Å². The molecule has 1 heterocycles. The van der Waals surface area contributed by atoms with E-state index >= 15 is 0 Å². The Kier molecular flexibility index (Phi) is 3.39. The molecule has 1 aromatic heterocycles. The Bertz CT molecular complexity index is 438. The molecule has 84 valence electrons. The summed E-state index contributed by atoms with van der Waals surface area (Å²) in [6.45, 7) is 4.24. The van der Waals surface area contributed by atoms with Crippen LogP contribution in [0.1, 0.15) is 25.3 Å². The standard InChI is InChI=1S/C11H18N2OS/c1-9(2)10-6-7-12-11(8-10)13(3)15(4,5)14/h6-9H,4H2,1-3,5H3. The van der Waals surface area contributed by atoms with Gasteiger partial charge in [-0.25, -0.2) is 9.19 Å². The SMILES string of the molecule is C=S(C)(=O)N(C)c1cc(C(C)C)ccn1. The molecular formula is C11H18N2OS. The van der Waals surface area contributed by atoms with Crippen molar-refractivity contribution in [1.82, 2.24) is 4.98 Å². The van der Waals surface area contributed by atoms with Gasteiger partial charge >= 0.3 is 0 Å². The first-order valence-corrected chi connectivity index (χ1v) is 6.93. The molecule has 15 heavy (non-hydrogen) atoms. The summed E-state index contributed by atoms with van der Waals surface area (Å²) in [6, 6.07) is 3.93. The maximum atomic E-state index is 11.7. The minimum atomic E-state index is -2.23. The summed E-state index contributed by atoms with van der Waals surface area (Å²) >= 11 is 0. The van der Waals surface area contributed by atoms with Gasteiger partial charge in [0.1, 0.15) is 5.82 Å². The van der Waals surface area contributed by atoms with Gasteiger partial charge in [-0.1, -0.05) is 13.8 Å². The highest BCUT2D eigenvalue weighted by Crippen LogP contribution is 2.19. The molecule has 0 saturated heterocycles. The molecule has 0 aliphatic rings. The van der Waals surface area contributed by atoms with Crippen LogP contribution in [-0.2, 0) is 9.71 Å². The predicted molar refractivity (Wildman–Crippen MR) is 67.9 cm³/mol. The summed E-state index contributed by atoms with van der Waals surface area (Å²) < 4.78 is 13.4. The Morgan fingerprint density at radius 1 is 1.53 bits per heavy atom. The van der Waals surface area contributed by atoms with Gasteiger partial charge in [0, 0.05) is 29.2 Å². The van der Waals surface area contributed by atoms with E-state index in [1.807, 2.05) is 12.1 Å². The third-order valence-corrected chi connectivity index (χ3v) is 3.68. The van der Waals surface area contributed by atoms with Crippen LogP contribution < -0.4 is 4.31 Å². The summed E-state index contributed by atoms with van der Waals surface area (Å²) in [5, 5.41) is 0. The molecule has 0 aromatic carbocycles. The summed E-state index contributed by atoms with van der Waals surface area (Å²) in [4.78, 5) is 4.19. The van der Waals surface area contributed by atoms with E-state index in [-0.39, 0.29) is 0 Å². The molecule has 0 bridgehead atoms. The van der Waals surface area contributed by atoms with E-state index in [1.54, 1.807) is 23.8 Å². The Morgan fingerprint density at radius 2 is 2.13 bits per heavy atom. The fourth-order valence-electron chi connectivity index (χ4n) is 1.16. The molecule has 1 rings (SSSR count). The number of nitrogens with zero attached hydrogens (tertiary/aromatic N) is 2. The van der Waals surface area contributed by atoms with Crippen molar-refractivity contribution in [2.75, 3.05) is 17.6 Å². The molecule has 0 spiro atoms. The second kappa shape index (κ2) is 4.23. The molecule has 0 radical (unpaired) electrons. The minimum absolute atomic E-state index is 0.442. The van der Waals surface area contributed by atoms with Crippen molar-refractivity contribution in [3.63, 3.8) is 0 Å². The van der Waals surface area contributed by atoms with Gasteiger partial charge in [0.15, 0.2) is 0 Å². The summed E-state index contributed by atoms with van der Waals surface area (Å²) in [7, 11) is -0.476. The van der Waals surface area contributed by atoms with Crippen molar-refractivity contribution in [2.45, 2.75) is 19.8 Å². The van der Waals surface area contributed by atoms with Crippen LogP contribution in [0.2, 0.25) is 0 Å².